The number of nitrogens with zero attached hydrogens (tertiary/aromatic N) is 2. The zero-order valence-electron chi connectivity index (χ0n) is 8.53. The van der Waals surface area contributed by atoms with Gasteiger partial charge in [-0.3, -0.25) is 0 Å². The molecule has 1 aliphatic heterocycles. The molecule has 0 amide bonds. The zero-order valence-corrected chi connectivity index (χ0v) is 10.9. The lowest BCUT2D eigenvalue weighted by molar-refractivity contribution is -0.117. The number of aromatic nitrogens is 2. The van der Waals surface area contributed by atoms with Crippen LogP contribution in [0.4, 0.5) is 0 Å². The summed E-state index contributed by atoms with van der Waals surface area (Å²) in [6, 6.07) is 0. The summed E-state index contributed by atoms with van der Waals surface area (Å²) in [6.07, 6.45) is 1.67. The molecular weight excluding hydrogens is 280 g/mol. The molecule has 0 aliphatic carbocycles. The van der Waals surface area contributed by atoms with E-state index in [2.05, 4.69) is 25.3 Å². The minimum absolute atomic E-state index is 0.324. The van der Waals surface area contributed by atoms with Gasteiger partial charge in [0.1, 0.15) is 5.60 Å². The predicted molar refractivity (Wildman–Crippen MR) is 61.0 cm³/mol. The summed E-state index contributed by atoms with van der Waals surface area (Å²) in [5, 5.41) is 0. The summed E-state index contributed by atoms with van der Waals surface area (Å²) in [7, 11) is 0. The highest BCUT2D eigenvalue weighted by atomic mass is 79.9. The molecular formula is C9H13BrN2O2S. The average Bonchev–Trinajstić information content (AvgIpc) is 2.67. The first-order valence-electron chi connectivity index (χ1n) is 4.98. The van der Waals surface area contributed by atoms with Crippen LogP contribution in [0, 0.1) is 0 Å². The lowest BCUT2D eigenvalue weighted by Gasteiger charge is -2.34. The molecule has 0 saturated carbocycles. The minimum atomic E-state index is -0.324. The van der Waals surface area contributed by atoms with E-state index in [4.69, 9.17) is 9.47 Å². The van der Waals surface area contributed by atoms with Gasteiger partial charge in [0, 0.05) is 32.7 Å². The van der Waals surface area contributed by atoms with Crippen LogP contribution in [0.1, 0.15) is 25.6 Å². The monoisotopic (exact) mass is 292 g/mol. The highest BCUT2D eigenvalue weighted by Crippen LogP contribution is 2.35. The molecule has 0 bridgehead atoms. The SMILES string of the molecule is CCOC1(c2nsc(Br)n2)CCOCC1. The molecule has 0 aromatic carbocycles. The van der Waals surface area contributed by atoms with Gasteiger partial charge >= 0.3 is 0 Å². The quantitative estimate of drug-likeness (QED) is 0.858. The van der Waals surface area contributed by atoms with Crippen LogP contribution in [0.5, 0.6) is 0 Å². The molecule has 1 saturated heterocycles. The Kier molecular flexibility index (Phi) is 3.71. The fourth-order valence-corrected chi connectivity index (χ4v) is 2.68. The Labute approximate surface area is 101 Å². The lowest BCUT2D eigenvalue weighted by atomic mass is 9.93. The molecule has 4 nitrogen and oxygen atoms in total. The van der Waals surface area contributed by atoms with Gasteiger partial charge in [-0.2, -0.15) is 4.37 Å². The fraction of sp³-hybridized carbons (Fsp3) is 0.778. The molecule has 0 N–H and O–H groups in total. The van der Waals surface area contributed by atoms with Gasteiger partial charge in [-0.25, -0.2) is 4.98 Å². The molecule has 0 unspecified atom stereocenters. The summed E-state index contributed by atoms with van der Waals surface area (Å²) >= 11 is 4.69. The average molecular weight is 293 g/mol. The number of hydrogen-bond donors (Lipinski definition) is 0. The number of ether oxygens (including phenoxy) is 2. The van der Waals surface area contributed by atoms with Crippen molar-refractivity contribution in [2.45, 2.75) is 25.4 Å². The molecule has 84 valence electrons. The summed E-state index contributed by atoms with van der Waals surface area (Å²) in [5.74, 6) is 0.796. The smallest absolute Gasteiger partial charge is 0.179 e. The Morgan fingerprint density at radius 3 is 2.80 bits per heavy atom. The maximum absolute atomic E-state index is 5.85. The first-order chi connectivity index (χ1) is 7.27. The van der Waals surface area contributed by atoms with E-state index in [1.54, 1.807) is 0 Å². The van der Waals surface area contributed by atoms with E-state index in [-0.39, 0.29) is 5.60 Å². The Balaban J connectivity index is 2.24. The van der Waals surface area contributed by atoms with Crippen molar-refractivity contribution in [2.75, 3.05) is 19.8 Å². The van der Waals surface area contributed by atoms with Crippen LogP contribution in [-0.2, 0) is 15.1 Å². The summed E-state index contributed by atoms with van der Waals surface area (Å²) in [5.41, 5.74) is -0.324. The Morgan fingerprint density at radius 2 is 2.27 bits per heavy atom. The fourth-order valence-electron chi connectivity index (χ4n) is 1.80. The van der Waals surface area contributed by atoms with Crippen LogP contribution < -0.4 is 0 Å². The van der Waals surface area contributed by atoms with Gasteiger partial charge in [0.15, 0.2) is 9.74 Å². The highest BCUT2D eigenvalue weighted by Gasteiger charge is 2.38. The van der Waals surface area contributed by atoms with Gasteiger partial charge in [0.05, 0.1) is 0 Å². The Morgan fingerprint density at radius 1 is 1.53 bits per heavy atom. The largest absolute Gasteiger partial charge is 0.381 e. The van der Waals surface area contributed by atoms with Crippen molar-refractivity contribution < 1.29 is 9.47 Å². The molecule has 1 aromatic heterocycles. The Bertz CT molecular complexity index is 320. The van der Waals surface area contributed by atoms with Crippen molar-refractivity contribution in [1.29, 1.82) is 0 Å². The van der Waals surface area contributed by atoms with E-state index in [1.165, 1.54) is 11.5 Å². The van der Waals surface area contributed by atoms with Crippen LogP contribution in [0.25, 0.3) is 0 Å². The molecule has 0 atom stereocenters. The van der Waals surface area contributed by atoms with Crippen molar-refractivity contribution in [3.05, 3.63) is 9.74 Å². The molecule has 1 aromatic rings. The third kappa shape index (κ3) is 2.38. The first-order valence-corrected chi connectivity index (χ1v) is 6.55. The maximum atomic E-state index is 5.85. The van der Waals surface area contributed by atoms with Gasteiger partial charge < -0.3 is 9.47 Å². The molecule has 1 fully saturated rings. The third-order valence-electron chi connectivity index (χ3n) is 2.53. The normalized spacial score (nSPS) is 20.4. The molecule has 6 heteroatoms. The summed E-state index contributed by atoms with van der Waals surface area (Å²) in [4.78, 5) is 4.37. The highest BCUT2D eigenvalue weighted by molar-refractivity contribution is 9.11. The van der Waals surface area contributed by atoms with E-state index in [0.29, 0.717) is 6.61 Å². The van der Waals surface area contributed by atoms with Crippen molar-refractivity contribution in [2.24, 2.45) is 0 Å². The van der Waals surface area contributed by atoms with E-state index >= 15 is 0 Å². The van der Waals surface area contributed by atoms with Crippen molar-refractivity contribution in [1.82, 2.24) is 9.36 Å². The zero-order chi connectivity index (χ0) is 10.7. The van der Waals surface area contributed by atoms with Crippen LogP contribution in [-0.4, -0.2) is 29.2 Å². The van der Waals surface area contributed by atoms with Gasteiger partial charge in [0.25, 0.3) is 0 Å². The number of halogens is 1. The minimum Gasteiger partial charge on any atom is -0.381 e. The Hall–Kier alpha value is -0.0400. The van der Waals surface area contributed by atoms with E-state index < -0.39 is 0 Å². The summed E-state index contributed by atoms with van der Waals surface area (Å²) in [6.45, 7) is 4.11. The molecule has 2 heterocycles. The standard InChI is InChI=1S/C9H13BrN2O2S/c1-2-14-9(3-5-13-6-4-9)7-11-8(10)15-12-7/h2-6H2,1H3. The third-order valence-corrected chi connectivity index (χ3v) is 3.65. The van der Waals surface area contributed by atoms with E-state index in [1.807, 2.05) is 6.92 Å². The second kappa shape index (κ2) is 4.86. The number of rotatable bonds is 3. The van der Waals surface area contributed by atoms with Crippen molar-refractivity contribution in [3.63, 3.8) is 0 Å². The predicted octanol–water partition coefficient (Wildman–Crippen LogP) is 2.34. The van der Waals surface area contributed by atoms with E-state index in [0.717, 1.165) is 35.8 Å². The maximum Gasteiger partial charge on any atom is 0.179 e. The molecule has 0 radical (unpaired) electrons. The van der Waals surface area contributed by atoms with Gasteiger partial charge in [-0.05, 0) is 34.4 Å². The topological polar surface area (TPSA) is 44.2 Å². The molecule has 1 aliphatic rings. The van der Waals surface area contributed by atoms with Crippen LogP contribution in [0.2, 0.25) is 0 Å². The second-order valence-corrected chi connectivity index (χ2v) is 5.44. The number of hydrogen-bond acceptors (Lipinski definition) is 5. The van der Waals surface area contributed by atoms with Gasteiger partial charge in [-0.1, -0.05) is 0 Å². The van der Waals surface area contributed by atoms with Crippen LogP contribution >= 0.6 is 27.5 Å². The van der Waals surface area contributed by atoms with Crippen LogP contribution in [0.3, 0.4) is 0 Å². The first kappa shape index (κ1) is 11.4. The molecule has 15 heavy (non-hydrogen) atoms. The molecule has 0 spiro atoms. The van der Waals surface area contributed by atoms with Crippen molar-refractivity contribution >= 4 is 27.5 Å². The van der Waals surface area contributed by atoms with Gasteiger partial charge in [0.2, 0.25) is 0 Å². The molecule has 2 rings (SSSR count). The van der Waals surface area contributed by atoms with Gasteiger partial charge in [-0.15, -0.1) is 0 Å². The lowest BCUT2D eigenvalue weighted by Crippen LogP contribution is -2.37. The van der Waals surface area contributed by atoms with E-state index in [9.17, 15) is 0 Å². The van der Waals surface area contributed by atoms with Crippen LogP contribution in [0.15, 0.2) is 3.92 Å². The second-order valence-electron chi connectivity index (χ2n) is 3.41. The van der Waals surface area contributed by atoms with Crippen molar-refractivity contribution in [3.8, 4) is 0 Å². The summed E-state index contributed by atoms with van der Waals surface area (Å²) < 4.78 is 16.3.